The summed E-state index contributed by atoms with van der Waals surface area (Å²) in [5.74, 6) is -0.0735. The van der Waals surface area contributed by atoms with Crippen LogP contribution in [0.25, 0.3) is 0 Å². The number of nitrogens with two attached hydrogens (primary N) is 1. The standard InChI is InChI=1S/C7H5N3O/c11-7-5-3-1-2-4-6(5)8-10-9-7/h1-4H,(H,8,9,11)/p+1. The van der Waals surface area contributed by atoms with Crippen molar-refractivity contribution in [3.05, 3.63) is 29.8 Å². The van der Waals surface area contributed by atoms with Crippen molar-refractivity contribution in [3.8, 4) is 0 Å². The van der Waals surface area contributed by atoms with Crippen LogP contribution in [-0.4, -0.2) is 5.91 Å². The first-order valence-corrected chi connectivity index (χ1v) is 3.25. The van der Waals surface area contributed by atoms with E-state index in [1.807, 2.05) is 12.1 Å². The molecule has 0 unspecified atom stereocenters. The summed E-state index contributed by atoms with van der Waals surface area (Å²) < 4.78 is 0. The van der Waals surface area contributed by atoms with Crippen molar-refractivity contribution in [1.29, 1.82) is 0 Å². The predicted molar refractivity (Wildman–Crippen MR) is 37.2 cm³/mol. The first-order valence-electron chi connectivity index (χ1n) is 3.25. The van der Waals surface area contributed by atoms with Crippen LogP contribution in [0.15, 0.2) is 34.6 Å². The number of quaternary nitrogens is 1. The van der Waals surface area contributed by atoms with Crippen molar-refractivity contribution >= 4 is 11.6 Å². The Morgan fingerprint density at radius 1 is 1.27 bits per heavy atom. The van der Waals surface area contributed by atoms with E-state index in [4.69, 9.17) is 0 Å². The molecule has 1 heterocycles. The van der Waals surface area contributed by atoms with E-state index >= 15 is 0 Å². The van der Waals surface area contributed by atoms with Gasteiger partial charge in [0.2, 0.25) is 0 Å². The second-order valence-corrected chi connectivity index (χ2v) is 2.23. The van der Waals surface area contributed by atoms with Crippen LogP contribution >= 0.6 is 0 Å². The van der Waals surface area contributed by atoms with E-state index in [1.54, 1.807) is 12.1 Å². The quantitative estimate of drug-likeness (QED) is 0.532. The molecule has 0 aromatic heterocycles. The molecule has 2 N–H and O–H groups in total. The summed E-state index contributed by atoms with van der Waals surface area (Å²) in [5, 5.41) is 7.34. The summed E-state index contributed by atoms with van der Waals surface area (Å²) in [4.78, 5) is 11.1. The Morgan fingerprint density at radius 3 is 2.91 bits per heavy atom. The van der Waals surface area contributed by atoms with Gasteiger partial charge >= 0.3 is 5.91 Å². The van der Waals surface area contributed by atoms with Crippen LogP contribution in [0.4, 0.5) is 5.69 Å². The van der Waals surface area contributed by atoms with E-state index in [0.717, 1.165) is 0 Å². The topological polar surface area (TPSA) is 58.4 Å². The van der Waals surface area contributed by atoms with Crippen LogP contribution in [0.3, 0.4) is 0 Å². The average molecular weight is 148 g/mol. The fraction of sp³-hybridized carbons (Fsp3) is 0. The maximum absolute atomic E-state index is 11.1. The molecule has 0 spiro atoms. The van der Waals surface area contributed by atoms with Gasteiger partial charge in [-0.05, 0) is 12.1 Å². The van der Waals surface area contributed by atoms with Crippen LogP contribution in [0.1, 0.15) is 10.4 Å². The highest BCUT2D eigenvalue weighted by atomic mass is 16.2. The predicted octanol–water partition coefficient (Wildman–Crippen LogP) is 0.402. The summed E-state index contributed by atoms with van der Waals surface area (Å²) in [5.41, 5.74) is 2.50. The van der Waals surface area contributed by atoms with Gasteiger partial charge in [0, 0.05) is 5.22 Å². The van der Waals surface area contributed by atoms with Crippen molar-refractivity contribution in [3.63, 3.8) is 0 Å². The van der Waals surface area contributed by atoms with Gasteiger partial charge in [0.15, 0.2) is 0 Å². The highest BCUT2D eigenvalue weighted by molar-refractivity contribution is 5.92. The number of hydrogen-bond acceptors (Lipinski definition) is 3. The third kappa shape index (κ3) is 0.929. The summed E-state index contributed by atoms with van der Waals surface area (Å²) in [7, 11) is 0. The highest BCUT2D eigenvalue weighted by Gasteiger charge is 2.18. The van der Waals surface area contributed by atoms with Gasteiger partial charge in [0.1, 0.15) is 11.3 Å². The molecule has 54 valence electrons. The van der Waals surface area contributed by atoms with Crippen molar-refractivity contribution < 1.29 is 10.2 Å². The SMILES string of the molecule is O=C1[NH2+]N=Nc2ccccc21. The maximum atomic E-state index is 11.1. The van der Waals surface area contributed by atoms with Gasteiger partial charge in [0.25, 0.3) is 0 Å². The van der Waals surface area contributed by atoms with Gasteiger partial charge in [-0.1, -0.05) is 17.2 Å². The highest BCUT2D eigenvalue weighted by Crippen LogP contribution is 2.18. The third-order valence-corrected chi connectivity index (χ3v) is 1.51. The van der Waals surface area contributed by atoms with E-state index in [1.165, 1.54) is 5.43 Å². The Balaban J connectivity index is 2.63. The lowest BCUT2D eigenvalue weighted by Crippen LogP contribution is -2.82. The number of rotatable bonds is 0. The van der Waals surface area contributed by atoms with Gasteiger partial charge < -0.3 is 0 Å². The molecule has 0 aliphatic carbocycles. The molecule has 0 saturated heterocycles. The van der Waals surface area contributed by atoms with Crippen LogP contribution in [0.5, 0.6) is 0 Å². The zero-order chi connectivity index (χ0) is 7.68. The Kier molecular flexibility index (Phi) is 1.26. The molecule has 1 aliphatic heterocycles. The number of carbonyl (C=O) groups is 1. The molecule has 0 atom stereocenters. The number of nitrogens with zero attached hydrogens (tertiary/aromatic N) is 2. The molecule has 0 fully saturated rings. The molecular formula is C7H6N3O+. The second kappa shape index (κ2) is 2.25. The van der Waals surface area contributed by atoms with Gasteiger partial charge in [-0.25, -0.2) is 4.79 Å². The summed E-state index contributed by atoms with van der Waals surface area (Å²) in [6, 6.07) is 7.15. The molecule has 4 nitrogen and oxygen atoms in total. The molecule has 11 heavy (non-hydrogen) atoms. The van der Waals surface area contributed by atoms with Crippen molar-refractivity contribution in [1.82, 2.24) is 0 Å². The molecular weight excluding hydrogens is 142 g/mol. The molecule has 1 aliphatic rings. The lowest BCUT2D eigenvalue weighted by molar-refractivity contribution is -0.570. The molecule has 1 aromatic rings. The van der Waals surface area contributed by atoms with Crippen LogP contribution in [0.2, 0.25) is 0 Å². The van der Waals surface area contributed by atoms with Crippen LogP contribution in [0, 0.1) is 0 Å². The number of primary amides is 1. The van der Waals surface area contributed by atoms with Crippen LogP contribution < -0.4 is 5.43 Å². The Hall–Kier alpha value is -1.55. The largest absolute Gasteiger partial charge is 0.372 e. The number of fused-ring (bicyclic) bond motifs is 1. The van der Waals surface area contributed by atoms with E-state index in [-0.39, 0.29) is 5.91 Å². The molecule has 0 radical (unpaired) electrons. The molecule has 4 heteroatoms. The molecule has 0 saturated carbocycles. The lowest BCUT2D eigenvalue weighted by atomic mass is 10.2. The van der Waals surface area contributed by atoms with Crippen molar-refractivity contribution in [2.75, 3.05) is 0 Å². The third-order valence-electron chi connectivity index (χ3n) is 1.51. The number of hydrogen-bond donors (Lipinski definition) is 1. The van der Waals surface area contributed by atoms with Crippen molar-refractivity contribution in [2.45, 2.75) is 0 Å². The Morgan fingerprint density at radius 2 is 2.09 bits per heavy atom. The number of benzene rings is 1. The van der Waals surface area contributed by atoms with Gasteiger partial charge in [-0.3, -0.25) is 0 Å². The van der Waals surface area contributed by atoms with Gasteiger partial charge in [0.05, 0.1) is 0 Å². The normalized spacial score (nSPS) is 14.7. The first kappa shape index (κ1) is 6.18. The van der Waals surface area contributed by atoms with Gasteiger partial charge in [-0.2, -0.15) is 0 Å². The minimum Gasteiger partial charge on any atom is -0.223 e. The second-order valence-electron chi connectivity index (χ2n) is 2.23. The van der Waals surface area contributed by atoms with E-state index in [2.05, 4.69) is 10.3 Å². The summed E-state index contributed by atoms with van der Waals surface area (Å²) in [6.07, 6.45) is 0. The number of carbonyl (C=O) groups excluding carboxylic acids is 1. The lowest BCUT2D eigenvalue weighted by Gasteiger charge is -2.01. The first-order chi connectivity index (χ1) is 5.38. The minimum absolute atomic E-state index is 0.0735. The van der Waals surface area contributed by atoms with E-state index < -0.39 is 0 Å². The van der Waals surface area contributed by atoms with E-state index in [0.29, 0.717) is 11.3 Å². The molecule has 1 aromatic carbocycles. The average Bonchev–Trinajstić information content (AvgIpc) is 2.06. The van der Waals surface area contributed by atoms with Crippen LogP contribution in [-0.2, 0) is 0 Å². The summed E-state index contributed by atoms with van der Waals surface area (Å²) >= 11 is 0. The van der Waals surface area contributed by atoms with Gasteiger partial charge in [-0.15, -0.1) is 5.43 Å². The van der Waals surface area contributed by atoms with E-state index in [9.17, 15) is 4.79 Å². The maximum Gasteiger partial charge on any atom is 0.372 e. The minimum atomic E-state index is -0.0735. The molecule has 0 bridgehead atoms. The zero-order valence-electron chi connectivity index (χ0n) is 5.69. The zero-order valence-corrected chi connectivity index (χ0v) is 5.69. The Bertz CT molecular complexity index is 332. The smallest absolute Gasteiger partial charge is 0.223 e. The van der Waals surface area contributed by atoms with Crippen molar-refractivity contribution in [2.24, 2.45) is 10.3 Å². The fourth-order valence-corrected chi connectivity index (χ4v) is 0.982. The number of amides is 1. The summed E-state index contributed by atoms with van der Waals surface area (Å²) in [6.45, 7) is 0. The molecule has 2 rings (SSSR count). The monoisotopic (exact) mass is 148 g/mol. The molecule has 1 amide bonds. The fourth-order valence-electron chi connectivity index (χ4n) is 0.982. The Labute approximate surface area is 62.9 Å².